The first kappa shape index (κ1) is 8.65. The van der Waals surface area contributed by atoms with Crippen molar-refractivity contribution in [2.45, 2.75) is 0 Å². The summed E-state index contributed by atoms with van der Waals surface area (Å²) < 4.78 is 0. The number of anilines is 1. The minimum Gasteiger partial charge on any atom is -0.379 e. The molecule has 0 aliphatic rings. The topological polar surface area (TPSA) is 32.3 Å². The second-order valence-electron chi connectivity index (χ2n) is 2.69. The Balaban J connectivity index is 2.59. The SMILES string of the molecule is BN(C)C(=O)Nc1ccccc1. The van der Waals surface area contributed by atoms with Gasteiger partial charge in [-0.2, -0.15) is 0 Å². The number of para-hydroxylation sites is 1. The van der Waals surface area contributed by atoms with Crippen LogP contribution in [-0.2, 0) is 0 Å². The molecule has 0 aliphatic heterocycles. The third-order valence-corrected chi connectivity index (χ3v) is 1.43. The number of urea groups is 1. The van der Waals surface area contributed by atoms with Crippen molar-refractivity contribution in [3.63, 3.8) is 0 Å². The first-order valence-electron chi connectivity index (χ1n) is 3.73. The molecule has 1 rings (SSSR count). The summed E-state index contributed by atoms with van der Waals surface area (Å²) in [5.74, 6) is 0. The Morgan fingerprint density at radius 2 is 2.00 bits per heavy atom. The van der Waals surface area contributed by atoms with Crippen molar-refractivity contribution in [3.05, 3.63) is 30.3 Å². The largest absolute Gasteiger partial charge is 0.379 e. The molecule has 0 unspecified atom stereocenters. The molecule has 12 heavy (non-hydrogen) atoms. The lowest BCUT2D eigenvalue weighted by atomic mass is 10.3. The second kappa shape index (κ2) is 3.81. The van der Waals surface area contributed by atoms with Gasteiger partial charge in [-0.15, -0.1) is 0 Å². The Kier molecular flexibility index (Phi) is 2.74. The molecule has 3 nitrogen and oxygen atoms in total. The van der Waals surface area contributed by atoms with Gasteiger partial charge in [-0.25, -0.2) is 4.79 Å². The number of hydrogen-bond donors (Lipinski definition) is 1. The van der Waals surface area contributed by atoms with E-state index in [9.17, 15) is 4.79 Å². The number of carbonyl (C=O) groups excluding carboxylic acids is 1. The van der Waals surface area contributed by atoms with E-state index in [1.807, 2.05) is 30.3 Å². The highest BCUT2D eigenvalue weighted by molar-refractivity contribution is 6.16. The van der Waals surface area contributed by atoms with E-state index >= 15 is 0 Å². The molecule has 1 aromatic rings. The predicted molar refractivity (Wildman–Crippen MR) is 51.8 cm³/mol. The molecule has 0 radical (unpaired) electrons. The van der Waals surface area contributed by atoms with Crippen LogP contribution in [0, 0.1) is 0 Å². The maximum absolute atomic E-state index is 11.1. The molecule has 62 valence electrons. The van der Waals surface area contributed by atoms with E-state index in [0.717, 1.165) is 5.69 Å². The Bertz CT molecular complexity index is 261. The molecule has 0 heterocycles. The molecule has 0 fully saturated rings. The molecule has 0 saturated carbocycles. The first-order chi connectivity index (χ1) is 5.70. The van der Waals surface area contributed by atoms with Crippen molar-refractivity contribution in [2.24, 2.45) is 0 Å². The van der Waals surface area contributed by atoms with E-state index in [2.05, 4.69) is 5.32 Å². The van der Waals surface area contributed by atoms with Crippen molar-refractivity contribution in [2.75, 3.05) is 12.4 Å². The van der Waals surface area contributed by atoms with Crippen LogP contribution < -0.4 is 5.32 Å². The highest BCUT2D eigenvalue weighted by Crippen LogP contribution is 2.04. The molecule has 0 aromatic heterocycles. The third kappa shape index (κ3) is 2.30. The quantitative estimate of drug-likeness (QED) is 0.605. The van der Waals surface area contributed by atoms with Gasteiger partial charge in [0, 0.05) is 5.69 Å². The van der Waals surface area contributed by atoms with Crippen LogP contribution in [0.5, 0.6) is 0 Å². The van der Waals surface area contributed by atoms with Crippen LogP contribution in [0.4, 0.5) is 10.5 Å². The number of benzene rings is 1. The standard InChI is InChI=1S/C8H11BN2O/c1-11(9)8(12)10-7-5-3-2-4-6-7/h2-6H,9H2,1H3,(H,10,12). The normalized spacial score (nSPS) is 9.08. The van der Waals surface area contributed by atoms with Crippen molar-refractivity contribution < 1.29 is 4.79 Å². The minimum absolute atomic E-state index is 0.110. The fraction of sp³-hybridized carbons (Fsp3) is 0.125. The van der Waals surface area contributed by atoms with Gasteiger partial charge in [0.2, 0.25) is 7.98 Å². The van der Waals surface area contributed by atoms with Gasteiger partial charge in [0.15, 0.2) is 0 Å². The molecule has 1 aromatic carbocycles. The number of amides is 2. The monoisotopic (exact) mass is 162 g/mol. The molecule has 1 N–H and O–H groups in total. The van der Waals surface area contributed by atoms with Crippen LogP contribution in [0.25, 0.3) is 0 Å². The summed E-state index contributed by atoms with van der Waals surface area (Å²) in [7, 11) is 3.41. The van der Waals surface area contributed by atoms with E-state index < -0.39 is 0 Å². The number of carbonyl (C=O) groups is 1. The summed E-state index contributed by atoms with van der Waals surface area (Å²) in [5, 5.41) is 2.73. The smallest absolute Gasteiger partial charge is 0.308 e. The molecule has 2 amide bonds. The van der Waals surface area contributed by atoms with E-state index in [1.54, 1.807) is 15.0 Å². The Morgan fingerprint density at radius 1 is 1.42 bits per heavy atom. The average Bonchev–Trinajstić information content (AvgIpc) is 2.06. The lowest BCUT2D eigenvalue weighted by Crippen LogP contribution is -2.28. The maximum Gasteiger partial charge on any atom is 0.308 e. The Morgan fingerprint density at radius 3 is 2.50 bits per heavy atom. The zero-order valence-corrected chi connectivity index (χ0v) is 7.24. The highest BCUT2D eigenvalue weighted by atomic mass is 16.2. The number of nitrogens with one attached hydrogen (secondary N) is 1. The van der Waals surface area contributed by atoms with Crippen LogP contribution in [0.15, 0.2) is 30.3 Å². The van der Waals surface area contributed by atoms with Crippen molar-refractivity contribution in [1.82, 2.24) is 4.81 Å². The van der Waals surface area contributed by atoms with Gasteiger partial charge in [0.1, 0.15) is 0 Å². The van der Waals surface area contributed by atoms with Gasteiger partial charge >= 0.3 is 6.03 Å². The zero-order chi connectivity index (χ0) is 8.97. The summed E-state index contributed by atoms with van der Waals surface area (Å²) in [6.45, 7) is 0. The molecule has 0 saturated heterocycles. The van der Waals surface area contributed by atoms with Gasteiger partial charge in [-0.1, -0.05) is 18.2 Å². The fourth-order valence-corrected chi connectivity index (χ4v) is 0.757. The zero-order valence-electron chi connectivity index (χ0n) is 7.24. The number of rotatable bonds is 1. The average molecular weight is 162 g/mol. The van der Waals surface area contributed by atoms with E-state index in [0.29, 0.717) is 0 Å². The van der Waals surface area contributed by atoms with Crippen LogP contribution in [0.1, 0.15) is 0 Å². The first-order valence-corrected chi connectivity index (χ1v) is 3.73. The molecule has 0 atom stereocenters. The summed E-state index contributed by atoms with van der Waals surface area (Å²) in [6, 6.07) is 9.26. The lowest BCUT2D eigenvalue weighted by Gasteiger charge is -2.11. The Labute approximate surface area is 72.8 Å². The van der Waals surface area contributed by atoms with Gasteiger partial charge in [0.25, 0.3) is 0 Å². The molecule has 0 aliphatic carbocycles. The minimum atomic E-state index is -0.110. The maximum atomic E-state index is 11.1. The van der Waals surface area contributed by atoms with E-state index in [1.165, 1.54) is 4.81 Å². The summed E-state index contributed by atoms with van der Waals surface area (Å²) in [6.07, 6.45) is 0. The number of nitrogens with zero attached hydrogens (tertiary/aromatic N) is 1. The second-order valence-corrected chi connectivity index (χ2v) is 2.69. The fourth-order valence-electron chi connectivity index (χ4n) is 0.757. The summed E-state index contributed by atoms with van der Waals surface area (Å²) in [5.41, 5.74) is 0.816. The number of hydrogen-bond acceptors (Lipinski definition) is 1. The van der Waals surface area contributed by atoms with Gasteiger partial charge in [-0.05, 0) is 19.2 Å². The molecular weight excluding hydrogens is 151 g/mol. The van der Waals surface area contributed by atoms with Crippen LogP contribution in [0.3, 0.4) is 0 Å². The molecule has 0 bridgehead atoms. The molecule has 4 heteroatoms. The van der Waals surface area contributed by atoms with E-state index in [-0.39, 0.29) is 6.03 Å². The summed E-state index contributed by atoms with van der Waals surface area (Å²) in [4.78, 5) is 12.6. The van der Waals surface area contributed by atoms with Crippen molar-refractivity contribution in [1.29, 1.82) is 0 Å². The highest BCUT2D eigenvalue weighted by Gasteiger charge is 2.01. The van der Waals surface area contributed by atoms with Crippen LogP contribution in [-0.4, -0.2) is 25.9 Å². The Hall–Kier alpha value is -1.45. The van der Waals surface area contributed by atoms with Gasteiger partial charge in [-0.3, -0.25) is 0 Å². The van der Waals surface area contributed by atoms with E-state index in [4.69, 9.17) is 0 Å². The third-order valence-electron chi connectivity index (χ3n) is 1.43. The van der Waals surface area contributed by atoms with Gasteiger partial charge in [0.05, 0.1) is 0 Å². The molecule has 0 spiro atoms. The van der Waals surface area contributed by atoms with Crippen molar-refractivity contribution in [3.8, 4) is 0 Å². The molecular formula is C8H11BN2O. The van der Waals surface area contributed by atoms with Crippen LogP contribution >= 0.6 is 0 Å². The summed E-state index contributed by atoms with van der Waals surface area (Å²) >= 11 is 0. The lowest BCUT2D eigenvalue weighted by molar-refractivity contribution is 0.241. The van der Waals surface area contributed by atoms with Crippen LogP contribution in [0.2, 0.25) is 0 Å². The van der Waals surface area contributed by atoms with Crippen molar-refractivity contribution >= 4 is 19.7 Å². The van der Waals surface area contributed by atoms with Gasteiger partial charge < -0.3 is 10.1 Å². The predicted octanol–water partition coefficient (Wildman–Crippen LogP) is 0.698.